The van der Waals surface area contributed by atoms with Gasteiger partial charge in [0.2, 0.25) is 5.91 Å². The van der Waals surface area contributed by atoms with E-state index in [0.717, 1.165) is 0 Å². The molecule has 0 aromatic heterocycles. The van der Waals surface area contributed by atoms with Gasteiger partial charge in [0, 0.05) is 31.8 Å². The number of benzene rings is 1. The van der Waals surface area contributed by atoms with Gasteiger partial charge in [0.25, 0.3) is 0 Å². The van der Waals surface area contributed by atoms with E-state index in [1.165, 1.54) is 11.0 Å². The lowest BCUT2D eigenvalue weighted by Gasteiger charge is -2.19. The molecule has 0 radical (unpaired) electrons. The number of nitrogens with two attached hydrogens (primary N) is 1. The van der Waals surface area contributed by atoms with Crippen LogP contribution in [0.4, 0.5) is 4.39 Å². The van der Waals surface area contributed by atoms with E-state index < -0.39 is 0 Å². The molecular formula is C13H18FN3OS. The van der Waals surface area contributed by atoms with Crippen LogP contribution in [0.15, 0.2) is 18.2 Å². The molecule has 0 fully saturated rings. The van der Waals surface area contributed by atoms with Crippen LogP contribution in [0.2, 0.25) is 0 Å². The molecule has 104 valence electrons. The zero-order chi connectivity index (χ0) is 14.6. The van der Waals surface area contributed by atoms with Crippen LogP contribution in [-0.4, -0.2) is 48.4 Å². The van der Waals surface area contributed by atoms with E-state index in [2.05, 4.69) is 0 Å². The van der Waals surface area contributed by atoms with Gasteiger partial charge in [-0.2, -0.15) is 0 Å². The predicted octanol–water partition coefficient (Wildman–Crippen LogP) is 0.980. The van der Waals surface area contributed by atoms with Crippen LogP contribution in [0.3, 0.4) is 0 Å². The van der Waals surface area contributed by atoms with Crippen LogP contribution in [0.25, 0.3) is 0 Å². The number of nitrogens with zero attached hydrogens (tertiary/aromatic N) is 2. The molecule has 0 atom stereocenters. The Bertz CT molecular complexity index is 491. The maximum absolute atomic E-state index is 13.7. The summed E-state index contributed by atoms with van der Waals surface area (Å²) in [4.78, 5) is 15.0. The largest absolute Gasteiger partial charge is 0.389 e. The van der Waals surface area contributed by atoms with Gasteiger partial charge < -0.3 is 10.6 Å². The van der Waals surface area contributed by atoms with E-state index in [1.807, 2.05) is 0 Å². The van der Waals surface area contributed by atoms with Crippen LogP contribution in [0.5, 0.6) is 0 Å². The molecule has 0 aliphatic carbocycles. The fourth-order valence-electron chi connectivity index (χ4n) is 1.57. The minimum Gasteiger partial charge on any atom is -0.389 e. The Labute approximate surface area is 118 Å². The highest BCUT2D eigenvalue weighted by atomic mass is 32.1. The van der Waals surface area contributed by atoms with E-state index in [0.29, 0.717) is 17.7 Å². The molecule has 0 saturated heterocycles. The Morgan fingerprint density at radius 3 is 2.53 bits per heavy atom. The van der Waals surface area contributed by atoms with E-state index in [9.17, 15) is 9.18 Å². The van der Waals surface area contributed by atoms with Gasteiger partial charge in [-0.1, -0.05) is 12.2 Å². The third-order valence-electron chi connectivity index (χ3n) is 2.67. The average Bonchev–Trinajstić information content (AvgIpc) is 2.31. The lowest BCUT2D eigenvalue weighted by atomic mass is 10.1. The number of carbonyl (C=O) groups is 1. The van der Waals surface area contributed by atoms with E-state index in [1.54, 1.807) is 38.2 Å². The molecule has 19 heavy (non-hydrogen) atoms. The van der Waals surface area contributed by atoms with Gasteiger partial charge in [0.15, 0.2) is 0 Å². The summed E-state index contributed by atoms with van der Waals surface area (Å²) in [6, 6.07) is 4.51. The fourth-order valence-corrected chi connectivity index (χ4v) is 1.70. The van der Waals surface area contributed by atoms with Crippen LogP contribution in [0.1, 0.15) is 11.1 Å². The van der Waals surface area contributed by atoms with Gasteiger partial charge in [-0.25, -0.2) is 4.39 Å². The molecule has 0 saturated carbocycles. The van der Waals surface area contributed by atoms with Crippen molar-refractivity contribution in [2.75, 3.05) is 27.7 Å². The quantitative estimate of drug-likeness (QED) is 0.819. The number of likely N-dealkylation sites (N-methyl/N-ethyl adjacent to an activating group) is 2. The molecule has 6 heteroatoms. The Morgan fingerprint density at radius 2 is 2.00 bits per heavy atom. The number of halogens is 1. The standard InChI is InChI=1S/C13H18FN3OS/c1-16(2)12(18)8-17(3)7-10-6-9(13(15)19)4-5-11(10)14/h4-6H,7-8H2,1-3H3,(H2,15,19). The van der Waals surface area contributed by atoms with Crippen molar-refractivity contribution >= 4 is 23.1 Å². The number of amides is 1. The molecule has 1 rings (SSSR count). The van der Waals surface area contributed by atoms with Gasteiger partial charge >= 0.3 is 0 Å². The zero-order valence-electron chi connectivity index (χ0n) is 11.3. The van der Waals surface area contributed by atoms with Gasteiger partial charge in [-0.3, -0.25) is 9.69 Å². The van der Waals surface area contributed by atoms with Crippen molar-refractivity contribution in [1.82, 2.24) is 9.80 Å². The number of hydrogen-bond donors (Lipinski definition) is 1. The Balaban J connectivity index is 2.78. The molecule has 1 aromatic rings. The Morgan fingerprint density at radius 1 is 1.37 bits per heavy atom. The maximum atomic E-state index is 13.7. The molecule has 1 amide bonds. The van der Waals surface area contributed by atoms with Gasteiger partial charge in [0.05, 0.1) is 6.54 Å². The number of carbonyl (C=O) groups excluding carboxylic acids is 1. The van der Waals surface area contributed by atoms with Gasteiger partial charge in [0.1, 0.15) is 10.8 Å². The highest BCUT2D eigenvalue weighted by Gasteiger charge is 2.12. The molecule has 0 unspecified atom stereocenters. The van der Waals surface area contributed by atoms with Crippen molar-refractivity contribution in [1.29, 1.82) is 0 Å². The summed E-state index contributed by atoms with van der Waals surface area (Å²) < 4.78 is 13.7. The summed E-state index contributed by atoms with van der Waals surface area (Å²) in [5.74, 6) is -0.363. The minimum atomic E-state index is -0.329. The lowest BCUT2D eigenvalue weighted by Crippen LogP contribution is -2.34. The summed E-state index contributed by atoms with van der Waals surface area (Å²) in [5.41, 5.74) is 6.61. The minimum absolute atomic E-state index is 0.0339. The predicted molar refractivity (Wildman–Crippen MR) is 77.3 cm³/mol. The summed E-state index contributed by atoms with van der Waals surface area (Å²) in [5, 5.41) is 0. The van der Waals surface area contributed by atoms with E-state index >= 15 is 0 Å². The van der Waals surface area contributed by atoms with Crippen molar-refractivity contribution < 1.29 is 9.18 Å². The van der Waals surface area contributed by atoms with Crippen LogP contribution < -0.4 is 5.73 Å². The lowest BCUT2D eigenvalue weighted by molar-refractivity contribution is -0.129. The molecule has 4 nitrogen and oxygen atoms in total. The van der Waals surface area contributed by atoms with Crippen molar-refractivity contribution in [3.8, 4) is 0 Å². The Hall–Kier alpha value is -1.53. The molecule has 0 heterocycles. The van der Waals surface area contributed by atoms with E-state index in [4.69, 9.17) is 18.0 Å². The fraction of sp³-hybridized carbons (Fsp3) is 0.385. The highest BCUT2D eigenvalue weighted by molar-refractivity contribution is 7.80. The summed E-state index contributed by atoms with van der Waals surface area (Å²) in [6.45, 7) is 0.547. The molecular weight excluding hydrogens is 265 g/mol. The Kier molecular flexibility index (Phi) is 5.38. The number of hydrogen-bond acceptors (Lipinski definition) is 3. The summed E-state index contributed by atoms with van der Waals surface area (Å²) in [7, 11) is 5.13. The van der Waals surface area contributed by atoms with Gasteiger partial charge in [-0.05, 0) is 25.2 Å². The zero-order valence-corrected chi connectivity index (χ0v) is 12.1. The van der Waals surface area contributed by atoms with Crippen LogP contribution in [0, 0.1) is 5.82 Å². The second kappa shape index (κ2) is 6.58. The number of thiocarbonyl (C=S) groups is 1. The normalized spacial score (nSPS) is 10.6. The SMILES string of the molecule is CN(CC(=O)N(C)C)Cc1cc(C(N)=S)ccc1F. The summed E-state index contributed by atoms with van der Waals surface area (Å²) >= 11 is 4.86. The summed E-state index contributed by atoms with van der Waals surface area (Å²) in [6.07, 6.45) is 0. The monoisotopic (exact) mass is 283 g/mol. The van der Waals surface area contributed by atoms with Crippen molar-refractivity contribution in [3.05, 3.63) is 35.1 Å². The van der Waals surface area contributed by atoms with Crippen LogP contribution in [-0.2, 0) is 11.3 Å². The smallest absolute Gasteiger partial charge is 0.236 e. The third kappa shape index (κ3) is 4.57. The van der Waals surface area contributed by atoms with Crippen molar-refractivity contribution in [3.63, 3.8) is 0 Å². The molecule has 0 spiro atoms. The second-order valence-corrected chi connectivity index (χ2v) is 5.07. The average molecular weight is 283 g/mol. The molecule has 1 aromatic carbocycles. The van der Waals surface area contributed by atoms with Crippen molar-refractivity contribution in [2.45, 2.75) is 6.54 Å². The van der Waals surface area contributed by atoms with Gasteiger partial charge in [-0.15, -0.1) is 0 Å². The third-order valence-corrected chi connectivity index (χ3v) is 2.91. The first-order valence-corrected chi connectivity index (χ1v) is 6.19. The maximum Gasteiger partial charge on any atom is 0.236 e. The first-order valence-electron chi connectivity index (χ1n) is 5.78. The van der Waals surface area contributed by atoms with Crippen molar-refractivity contribution in [2.24, 2.45) is 5.73 Å². The topological polar surface area (TPSA) is 49.6 Å². The highest BCUT2D eigenvalue weighted by Crippen LogP contribution is 2.12. The van der Waals surface area contributed by atoms with E-state index in [-0.39, 0.29) is 23.3 Å². The first kappa shape index (κ1) is 15.5. The van der Waals surface area contributed by atoms with Crippen LogP contribution >= 0.6 is 12.2 Å². The second-order valence-electron chi connectivity index (χ2n) is 4.63. The molecule has 0 aliphatic heterocycles. The molecule has 2 N–H and O–H groups in total. The molecule has 0 aliphatic rings. The first-order chi connectivity index (χ1) is 8.81. The molecule has 0 bridgehead atoms. The number of rotatable bonds is 5.